The molecule has 5 heteroatoms. The lowest BCUT2D eigenvalue weighted by Crippen LogP contribution is -2.04. The van der Waals surface area contributed by atoms with Crippen LogP contribution < -0.4 is 0 Å². The van der Waals surface area contributed by atoms with Gasteiger partial charge in [0.2, 0.25) is 0 Å². The van der Waals surface area contributed by atoms with Crippen LogP contribution in [0.1, 0.15) is 10.5 Å². The maximum absolute atomic E-state index is 10.7. The number of imidazole rings is 1. The van der Waals surface area contributed by atoms with Gasteiger partial charge in [-0.2, -0.15) is 0 Å². The molecule has 2 heterocycles. The third-order valence-electron chi connectivity index (χ3n) is 1.95. The van der Waals surface area contributed by atoms with Crippen molar-refractivity contribution in [3.8, 4) is 10.7 Å². The normalized spacial score (nSPS) is 10.4. The molecule has 0 aromatic carbocycles. The van der Waals surface area contributed by atoms with Gasteiger partial charge in [-0.3, -0.25) is 0 Å². The van der Waals surface area contributed by atoms with Crippen molar-refractivity contribution >= 4 is 17.3 Å². The predicted octanol–water partition coefficient (Wildman–Crippen LogP) is 1.85. The first-order valence-corrected chi connectivity index (χ1v) is 4.87. The summed E-state index contributed by atoms with van der Waals surface area (Å²) < 4.78 is 1.58. The van der Waals surface area contributed by atoms with Crippen LogP contribution >= 0.6 is 11.3 Å². The van der Waals surface area contributed by atoms with Crippen LogP contribution in [0.15, 0.2) is 23.7 Å². The highest BCUT2D eigenvalue weighted by Gasteiger charge is 2.13. The van der Waals surface area contributed by atoms with Crippen molar-refractivity contribution in [2.45, 2.75) is 0 Å². The van der Waals surface area contributed by atoms with Crippen LogP contribution in [0.4, 0.5) is 0 Å². The standard InChI is InChI=1S/C9H8N2O2S/c1-11-6(9(12)13)5-10-8(11)7-3-2-4-14-7/h2-5H,1H3,(H,12,13). The Kier molecular flexibility index (Phi) is 2.09. The second-order valence-electron chi connectivity index (χ2n) is 2.81. The fraction of sp³-hybridized carbons (Fsp3) is 0.111. The Hall–Kier alpha value is -1.62. The van der Waals surface area contributed by atoms with Gasteiger partial charge in [0.1, 0.15) is 11.5 Å². The van der Waals surface area contributed by atoms with Gasteiger partial charge >= 0.3 is 5.97 Å². The average molecular weight is 208 g/mol. The van der Waals surface area contributed by atoms with Crippen molar-refractivity contribution in [3.63, 3.8) is 0 Å². The van der Waals surface area contributed by atoms with Crippen LogP contribution in [0.2, 0.25) is 0 Å². The van der Waals surface area contributed by atoms with Gasteiger partial charge in [-0.1, -0.05) is 6.07 Å². The van der Waals surface area contributed by atoms with Crippen molar-refractivity contribution in [1.29, 1.82) is 0 Å². The molecule has 1 N–H and O–H groups in total. The molecule has 2 aromatic heterocycles. The third-order valence-corrected chi connectivity index (χ3v) is 2.81. The van der Waals surface area contributed by atoms with Crippen LogP contribution in [0.25, 0.3) is 10.7 Å². The summed E-state index contributed by atoms with van der Waals surface area (Å²) in [5, 5.41) is 10.8. The summed E-state index contributed by atoms with van der Waals surface area (Å²) >= 11 is 1.54. The molecule has 0 radical (unpaired) electrons. The number of carboxylic acids is 1. The van der Waals surface area contributed by atoms with E-state index in [0.29, 0.717) is 5.82 Å². The molecule has 0 aliphatic carbocycles. The van der Waals surface area contributed by atoms with E-state index < -0.39 is 5.97 Å². The van der Waals surface area contributed by atoms with Gasteiger partial charge in [-0.25, -0.2) is 9.78 Å². The van der Waals surface area contributed by atoms with E-state index in [4.69, 9.17) is 5.11 Å². The van der Waals surface area contributed by atoms with Crippen LogP contribution in [0, 0.1) is 0 Å². The maximum Gasteiger partial charge on any atom is 0.354 e. The lowest BCUT2D eigenvalue weighted by atomic mass is 10.4. The second-order valence-corrected chi connectivity index (χ2v) is 3.76. The molecule has 0 aliphatic heterocycles. The zero-order chi connectivity index (χ0) is 10.1. The summed E-state index contributed by atoms with van der Waals surface area (Å²) in [5.74, 6) is -0.264. The molecule has 0 unspecified atom stereocenters. The number of aromatic carboxylic acids is 1. The molecule has 2 rings (SSSR count). The Morgan fingerprint density at radius 1 is 1.64 bits per heavy atom. The molecule has 0 amide bonds. The SMILES string of the molecule is Cn1c(C(=O)O)cnc1-c1cccs1. The zero-order valence-corrected chi connectivity index (χ0v) is 8.28. The second kappa shape index (κ2) is 3.26. The molecule has 0 bridgehead atoms. The third kappa shape index (κ3) is 1.31. The van der Waals surface area contributed by atoms with Crippen molar-refractivity contribution in [2.75, 3.05) is 0 Å². The molecule has 0 saturated heterocycles. The molecule has 0 atom stereocenters. The quantitative estimate of drug-likeness (QED) is 0.819. The number of thiophene rings is 1. The van der Waals surface area contributed by atoms with Gasteiger partial charge in [0.05, 0.1) is 11.1 Å². The lowest BCUT2D eigenvalue weighted by molar-refractivity contribution is 0.0686. The number of hydrogen-bond donors (Lipinski definition) is 1. The molecule has 0 saturated carbocycles. The zero-order valence-electron chi connectivity index (χ0n) is 7.47. The maximum atomic E-state index is 10.7. The minimum atomic E-state index is -0.956. The van der Waals surface area contributed by atoms with E-state index in [1.54, 1.807) is 11.6 Å². The number of nitrogens with zero attached hydrogens (tertiary/aromatic N) is 2. The van der Waals surface area contributed by atoms with E-state index in [9.17, 15) is 4.79 Å². The highest BCUT2D eigenvalue weighted by molar-refractivity contribution is 7.13. The van der Waals surface area contributed by atoms with Gasteiger partial charge in [0.15, 0.2) is 0 Å². The van der Waals surface area contributed by atoms with E-state index in [1.807, 2.05) is 17.5 Å². The van der Waals surface area contributed by atoms with Gasteiger partial charge in [-0.15, -0.1) is 11.3 Å². The number of rotatable bonds is 2. The Bertz CT molecular complexity index is 459. The van der Waals surface area contributed by atoms with Crippen LogP contribution in [0.5, 0.6) is 0 Å². The molecular formula is C9H8N2O2S. The van der Waals surface area contributed by atoms with Gasteiger partial charge in [0, 0.05) is 7.05 Å². The number of hydrogen-bond acceptors (Lipinski definition) is 3. The fourth-order valence-corrected chi connectivity index (χ4v) is 2.00. The monoisotopic (exact) mass is 208 g/mol. The molecule has 72 valence electrons. The van der Waals surface area contributed by atoms with Crippen molar-refractivity contribution in [1.82, 2.24) is 9.55 Å². The van der Waals surface area contributed by atoms with E-state index in [2.05, 4.69) is 4.98 Å². The first-order chi connectivity index (χ1) is 6.70. The van der Waals surface area contributed by atoms with E-state index in [1.165, 1.54) is 17.5 Å². The van der Waals surface area contributed by atoms with E-state index in [0.717, 1.165) is 4.88 Å². The minimum Gasteiger partial charge on any atom is -0.477 e. The molecule has 2 aromatic rings. The van der Waals surface area contributed by atoms with Gasteiger partial charge in [0.25, 0.3) is 0 Å². The molecule has 14 heavy (non-hydrogen) atoms. The van der Waals surface area contributed by atoms with Gasteiger partial charge in [-0.05, 0) is 11.4 Å². The molecule has 4 nitrogen and oxygen atoms in total. The van der Waals surface area contributed by atoms with Crippen LogP contribution in [-0.2, 0) is 7.05 Å². The first-order valence-electron chi connectivity index (χ1n) is 3.99. The Balaban J connectivity index is 2.52. The highest BCUT2D eigenvalue weighted by Crippen LogP contribution is 2.23. The summed E-state index contributed by atoms with van der Waals surface area (Å²) in [5.41, 5.74) is 0.202. The highest BCUT2D eigenvalue weighted by atomic mass is 32.1. The molecule has 0 spiro atoms. The van der Waals surface area contributed by atoms with Gasteiger partial charge < -0.3 is 9.67 Å². The topological polar surface area (TPSA) is 55.1 Å². The van der Waals surface area contributed by atoms with Crippen molar-refractivity contribution in [3.05, 3.63) is 29.4 Å². The summed E-state index contributed by atoms with van der Waals surface area (Å²) in [6.07, 6.45) is 1.37. The Labute approximate surface area is 84.5 Å². The summed E-state index contributed by atoms with van der Waals surface area (Å²) in [6, 6.07) is 3.83. The van der Waals surface area contributed by atoms with Crippen molar-refractivity contribution < 1.29 is 9.90 Å². The fourth-order valence-electron chi connectivity index (χ4n) is 1.24. The molecule has 0 fully saturated rings. The molecular weight excluding hydrogens is 200 g/mol. The van der Waals surface area contributed by atoms with E-state index >= 15 is 0 Å². The van der Waals surface area contributed by atoms with E-state index in [-0.39, 0.29) is 5.69 Å². The summed E-state index contributed by atoms with van der Waals surface area (Å²) in [7, 11) is 1.70. The minimum absolute atomic E-state index is 0.202. The predicted molar refractivity (Wildman–Crippen MR) is 53.5 cm³/mol. The first kappa shape index (κ1) is 8.96. The average Bonchev–Trinajstić information content (AvgIpc) is 2.71. The van der Waals surface area contributed by atoms with Crippen LogP contribution in [-0.4, -0.2) is 20.6 Å². The largest absolute Gasteiger partial charge is 0.477 e. The Morgan fingerprint density at radius 3 is 2.93 bits per heavy atom. The summed E-state index contributed by atoms with van der Waals surface area (Å²) in [4.78, 5) is 15.8. The van der Waals surface area contributed by atoms with Crippen molar-refractivity contribution in [2.24, 2.45) is 7.05 Å². The molecule has 0 aliphatic rings. The number of carbonyl (C=O) groups is 1. The number of carboxylic acid groups (broad SMARTS) is 1. The smallest absolute Gasteiger partial charge is 0.354 e. The lowest BCUT2D eigenvalue weighted by Gasteiger charge is -1.99. The summed E-state index contributed by atoms with van der Waals surface area (Å²) in [6.45, 7) is 0. The number of aromatic nitrogens is 2. The Morgan fingerprint density at radius 2 is 2.43 bits per heavy atom. The van der Waals surface area contributed by atoms with Crippen LogP contribution in [0.3, 0.4) is 0 Å².